The Kier molecular flexibility index (Phi) is 5.63. The number of nitrogens with zero attached hydrogens (tertiary/aromatic N) is 2. The summed E-state index contributed by atoms with van der Waals surface area (Å²) in [5.74, 6) is 0. The molecule has 1 heterocycles. The van der Waals surface area contributed by atoms with E-state index in [-0.39, 0.29) is 18.1 Å². The summed E-state index contributed by atoms with van der Waals surface area (Å²) < 4.78 is 0. The van der Waals surface area contributed by atoms with E-state index in [1.54, 1.807) is 6.21 Å². The first-order valence-electron chi connectivity index (χ1n) is 6.73. The molecule has 0 aliphatic carbocycles. The molecule has 0 saturated heterocycles. The number of nitrogens with two attached hydrogens (primary N) is 6. The molecule has 0 spiro atoms. The van der Waals surface area contributed by atoms with E-state index in [1.165, 1.54) is 0 Å². The predicted molar refractivity (Wildman–Crippen MR) is 82.8 cm³/mol. The summed E-state index contributed by atoms with van der Waals surface area (Å²) in [6.45, 7) is 2.81. The van der Waals surface area contributed by atoms with E-state index in [9.17, 15) is 0 Å². The molecule has 0 aromatic heterocycles. The lowest BCUT2D eigenvalue weighted by Crippen LogP contribution is -2.62. The van der Waals surface area contributed by atoms with Crippen LogP contribution in [0.25, 0.3) is 0 Å². The van der Waals surface area contributed by atoms with Crippen molar-refractivity contribution in [1.82, 2.24) is 4.90 Å². The van der Waals surface area contributed by atoms with Crippen LogP contribution in [-0.4, -0.2) is 61.6 Å². The van der Waals surface area contributed by atoms with E-state index in [0.717, 1.165) is 11.3 Å². The van der Waals surface area contributed by atoms with Crippen LogP contribution in [0, 0.1) is 0 Å². The second kappa shape index (κ2) is 6.61. The van der Waals surface area contributed by atoms with Crippen LogP contribution >= 0.6 is 0 Å². The van der Waals surface area contributed by atoms with Crippen molar-refractivity contribution in [3.63, 3.8) is 0 Å². The van der Waals surface area contributed by atoms with Crippen molar-refractivity contribution in [3.05, 3.63) is 11.3 Å². The summed E-state index contributed by atoms with van der Waals surface area (Å²) in [6.07, 6.45) is 1.71. The van der Waals surface area contributed by atoms with Crippen LogP contribution in [0.4, 0.5) is 0 Å². The minimum Gasteiger partial charge on any atom is -0.351 e. The van der Waals surface area contributed by atoms with Gasteiger partial charge in [0.25, 0.3) is 0 Å². The third kappa shape index (κ3) is 2.85. The van der Waals surface area contributed by atoms with Gasteiger partial charge >= 0.3 is 0 Å². The Balaban J connectivity index is 3.29. The smallest absolute Gasteiger partial charge is 0.145 e. The summed E-state index contributed by atoms with van der Waals surface area (Å²) in [4.78, 5) is 6.46. The summed E-state index contributed by atoms with van der Waals surface area (Å²) in [6, 6.07) is -1.03. The minimum atomic E-state index is -0.672. The molecule has 0 radical (unpaired) electrons. The number of hydrogen-bond donors (Lipinski definition) is 6. The molecule has 0 aromatic carbocycles. The fourth-order valence-corrected chi connectivity index (χ4v) is 2.35. The maximum Gasteiger partial charge on any atom is 0.145 e. The van der Waals surface area contributed by atoms with Crippen molar-refractivity contribution in [3.8, 4) is 0 Å². The van der Waals surface area contributed by atoms with Gasteiger partial charge in [-0.05, 0) is 6.92 Å². The SMILES string of the molecule is CN1C(C(N)CN)=C(C(N)CN)C=NC1(C)C(N)CN. The van der Waals surface area contributed by atoms with Crippen molar-refractivity contribution in [2.24, 2.45) is 39.4 Å². The zero-order valence-corrected chi connectivity index (χ0v) is 12.3. The first-order valence-corrected chi connectivity index (χ1v) is 6.73. The van der Waals surface area contributed by atoms with Crippen molar-refractivity contribution in [2.75, 3.05) is 26.7 Å². The first kappa shape index (κ1) is 17.0. The molecule has 1 aliphatic heterocycles. The average molecular weight is 284 g/mol. The highest BCUT2D eigenvalue weighted by Gasteiger charge is 2.40. The zero-order valence-electron chi connectivity index (χ0n) is 12.3. The highest BCUT2D eigenvalue weighted by Crippen LogP contribution is 2.30. The van der Waals surface area contributed by atoms with E-state index >= 15 is 0 Å². The Labute approximate surface area is 120 Å². The second-order valence-corrected chi connectivity index (χ2v) is 5.28. The normalized spacial score (nSPS) is 27.7. The third-order valence-corrected chi connectivity index (χ3v) is 4.02. The largest absolute Gasteiger partial charge is 0.351 e. The zero-order chi connectivity index (χ0) is 15.5. The molecule has 0 fully saturated rings. The summed E-state index contributed by atoms with van der Waals surface area (Å²) >= 11 is 0. The van der Waals surface area contributed by atoms with Crippen LogP contribution in [0.5, 0.6) is 0 Å². The lowest BCUT2D eigenvalue weighted by molar-refractivity contribution is 0.144. The van der Waals surface area contributed by atoms with Gasteiger partial charge in [0.05, 0.1) is 12.1 Å². The Hall–Kier alpha value is -1.03. The molecule has 0 saturated carbocycles. The van der Waals surface area contributed by atoms with Crippen LogP contribution in [0.15, 0.2) is 16.3 Å². The Morgan fingerprint density at radius 1 is 1.10 bits per heavy atom. The summed E-state index contributed by atoms with van der Waals surface area (Å²) in [5.41, 5.74) is 36.3. The molecule has 20 heavy (non-hydrogen) atoms. The molecular weight excluding hydrogens is 256 g/mol. The van der Waals surface area contributed by atoms with E-state index in [4.69, 9.17) is 34.4 Å². The molecule has 1 aliphatic rings. The highest BCUT2D eigenvalue weighted by atomic mass is 15.3. The van der Waals surface area contributed by atoms with Crippen molar-refractivity contribution in [2.45, 2.75) is 30.7 Å². The number of likely N-dealkylation sites (N-methyl/N-ethyl adjacent to an activating group) is 1. The first-order chi connectivity index (χ1) is 9.33. The molecule has 4 unspecified atom stereocenters. The molecule has 0 aromatic rings. The maximum atomic E-state index is 6.13. The molecule has 8 nitrogen and oxygen atoms in total. The second-order valence-electron chi connectivity index (χ2n) is 5.28. The van der Waals surface area contributed by atoms with Gasteiger partial charge in [-0.25, -0.2) is 0 Å². The fourth-order valence-electron chi connectivity index (χ4n) is 2.35. The summed E-state index contributed by atoms with van der Waals surface area (Å²) in [7, 11) is 1.88. The monoisotopic (exact) mass is 284 g/mol. The fraction of sp³-hybridized carbons (Fsp3) is 0.750. The quantitative estimate of drug-likeness (QED) is 0.298. The van der Waals surface area contributed by atoms with Gasteiger partial charge in [-0.15, -0.1) is 0 Å². The van der Waals surface area contributed by atoms with E-state index in [1.807, 2.05) is 18.9 Å². The van der Waals surface area contributed by atoms with Gasteiger partial charge < -0.3 is 39.3 Å². The van der Waals surface area contributed by atoms with Gasteiger partial charge in [-0.3, -0.25) is 4.99 Å². The van der Waals surface area contributed by atoms with Gasteiger partial charge in [0.1, 0.15) is 5.66 Å². The van der Waals surface area contributed by atoms with Gasteiger partial charge in [0, 0.05) is 50.2 Å². The van der Waals surface area contributed by atoms with Gasteiger partial charge in [0.15, 0.2) is 0 Å². The third-order valence-electron chi connectivity index (χ3n) is 4.02. The van der Waals surface area contributed by atoms with E-state index in [0.29, 0.717) is 19.6 Å². The standard InChI is InChI=1S/C12H28N8/c1-12(10(18)5-15)19-6-7(8(16)3-13)11(20(12)2)9(17)4-14/h6,8-10H,3-5,13-18H2,1-2H3. The lowest BCUT2D eigenvalue weighted by atomic mass is 9.92. The van der Waals surface area contributed by atoms with E-state index < -0.39 is 5.66 Å². The molecule has 1 rings (SSSR count). The van der Waals surface area contributed by atoms with Crippen LogP contribution in [0.3, 0.4) is 0 Å². The predicted octanol–water partition coefficient (Wildman–Crippen LogP) is -3.17. The molecule has 0 bridgehead atoms. The average Bonchev–Trinajstić information content (AvgIpc) is 2.47. The molecule has 4 atom stereocenters. The highest BCUT2D eigenvalue weighted by molar-refractivity contribution is 5.83. The van der Waals surface area contributed by atoms with Gasteiger partial charge in [-0.1, -0.05) is 0 Å². The molecular formula is C12H28N8. The van der Waals surface area contributed by atoms with Crippen LogP contribution in [0.1, 0.15) is 6.92 Å². The Morgan fingerprint density at radius 3 is 2.10 bits per heavy atom. The van der Waals surface area contributed by atoms with Crippen LogP contribution in [0.2, 0.25) is 0 Å². The number of aliphatic imine (C=N–C) groups is 1. The topological polar surface area (TPSA) is 172 Å². The van der Waals surface area contributed by atoms with Crippen molar-refractivity contribution < 1.29 is 0 Å². The Morgan fingerprint density at radius 2 is 1.65 bits per heavy atom. The minimum absolute atomic E-state index is 0.294. The van der Waals surface area contributed by atoms with Crippen LogP contribution in [-0.2, 0) is 0 Å². The molecule has 116 valence electrons. The molecule has 12 N–H and O–H groups in total. The van der Waals surface area contributed by atoms with Gasteiger partial charge in [-0.2, -0.15) is 0 Å². The van der Waals surface area contributed by atoms with Crippen molar-refractivity contribution >= 4 is 6.21 Å². The lowest BCUT2D eigenvalue weighted by Gasteiger charge is -2.47. The number of rotatable bonds is 6. The van der Waals surface area contributed by atoms with E-state index in [2.05, 4.69) is 4.99 Å². The van der Waals surface area contributed by atoms with Crippen molar-refractivity contribution in [1.29, 1.82) is 0 Å². The Bertz CT molecular complexity index is 393. The van der Waals surface area contributed by atoms with Gasteiger partial charge in [0.2, 0.25) is 0 Å². The molecule has 8 heteroatoms. The molecule has 0 amide bonds. The maximum absolute atomic E-state index is 6.13. The summed E-state index contributed by atoms with van der Waals surface area (Å²) in [5, 5.41) is 0. The number of hydrogen-bond acceptors (Lipinski definition) is 8. The van der Waals surface area contributed by atoms with Crippen LogP contribution < -0.4 is 34.4 Å².